The predicted octanol–water partition coefficient (Wildman–Crippen LogP) is 2.32. The van der Waals surface area contributed by atoms with Gasteiger partial charge in [-0.25, -0.2) is 9.37 Å². The van der Waals surface area contributed by atoms with Crippen molar-refractivity contribution >= 4 is 0 Å². The van der Waals surface area contributed by atoms with Crippen molar-refractivity contribution in [2.24, 2.45) is 0 Å². The predicted molar refractivity (Wildman–Crippen MR) is 59.1 cm³/mol. The molecule has 78 valence electrons. The van der Waals surface area contributed by atoms with E-state index in [-0.39, 0.29) is 5.82 Å². The Hall–Kier alpha value is -2.21. The van der Waals surface area contributed by atoms with Crippen molar-refractivity contribution in [3.8, 4) is 11.8 Å². The van der Waals surface area contributed by atoms with Crippen LogP contribution in [0.3, 0.4) is 0 Å². The molecule has 1 heterocycles. The molecule has 0 aliphatic rings. The summed E-state index contributed by atoms with van der Waals surface area (Å²) in [5.41, 5.74) is 2.03. The van der Waals surface area contributed by atoms with Gasteiger partial charge in [0.15, 0.2) is 0 Å². The number of halogens is 1. The highest BCUT2D eigenvalue weighted by molar-refractivity contribution is 5.39. The van der Waals surface area contributed by atoms with Crippen molar-refractivity contribution in [1.82, 2.24) is 9.97 Å². The van der Waals surface area contributed by atoms with Gasteiger partial charge in [-0.2, -0.15) is 0 Å². The molecule has 0 N–H and O–H groups in total. The Labute approximate surface area is 93.2 Å². The molecule has 0 bridgehead atoms. The van der Waals surface area contributed by atoms with Crippen LogP contribution in [0.2, 0.25) is 0 Å². The van der Waals surface area contributed by atoms with Crippen molar-refractivity contribution in [2.45, 2.75) is 6.92 Å². The topological polar surface area (TPSA) is 25.8 Å². The van der Waals surface area contributed by atoms with Crippen LogP contribution in [0.4, 0.5) is 4.39 Å². The fraction of sp³-hybridized carbons (Fsp3) is 0.0769. The van der Waals surface area contributed by atoms with E-state index in [1.807, 2.05) is 6.92 Å². The number of hydrogen-bond donors (Lipinski definition) is 0. The average Bonchev–Trinajstić information content (AvgIpc) is 2.27. The lowest BCUT2D eigenvalue weighted by Gasteiger charge is -1.92. The highest BCUT2D eigenvalue weighted by atomic mass is 19.1. The zero-order chi connectivity index (χ0) is 11.4. The summed E-state index contributed by atoms with van der Waals surface area (Å²) >= 11 is 0. The van der Waals surface area contributed by atoms with Crippen molar-refractivity contribution in [3.63, 3.8) is 0 Å². The van der Waals surface area contributed by atoms with E-state index in [0.717, 1.165) is 5.69 Å². The summed E-state index contributed by atoms with van der Waals surface area (Å²) in [7, 11) is 0. The first-order chi connectivity index (χ1) is 7.74. The Bertz CT molecular complexity index is 518. The van der Waals surface area contributed by atoms with Gasteiger partial charge in [0.1, 0.15) is 11.5 Å². The van der Waals surface area contributed by atoms with Crippen LogP contribution < -0.4 is 0 Å². The Balaban J connectivity index is 2.28. The monoisotopic (exact) mass is 212 g/mol. The highest BCUT2D eigenvalue weighted by Crippen LogP contribution is 2.01. The fourth-order valence-electron chi connectivity index (χ4n) is 1.23. The summed E-state index contributed by atoms with van der Waals surface area (Å²) in [5.74, 6) is 5.39. The molecule has 0 fully saturated rings. The largest absolute Gasteiger partial charge is 0.260 e. The van der Waals surface area contributed by atoms with Gasteiger partial charge in [-0.05, 0) is 31.0 Å². The van der Waals surface area contributed by atoms with Gasteiger partial charge in [0.2, 0.25) is 0 Å². The molecular formula is C13H9FN2. The molecule has 0 atom stereocenters. The second kappa shape index (κ2) is 4.54. The maximum absolute atomic E-state index is 12.9. The Kier molecular flexibility index (Phi) is 2.93. The molecule has 0 aliphatic carbocycles. The van der Waals surface area contributed by atoms with Crippen LogP contribution in [0.15, 0.2) is 36.7 Å². The second-order valence-corrected chi connectivity index (χ2v) is 3.31. The molecule has 0 saturated heterocycles. The molecular weight excluding hydrogens is 203 g/mol. The van der Waals surface area contributed by atoms with Crippen molar-refractivity contribution in [1.29, 1.82) is 0 Å². The third-order valence-corrected chi connectivity index (χ3v) is 1.91. The number of aryl methyl sites for hydroxylation is 1. The van der Waals surface area contributed by atoms with Gasteiger partial charge in [0, 0.05) is 11.8 Å². The summed E-state index contributed by atoms with van der Waals surface area (Å²) in [6.07, 6.45) is 3.24. The molecule has 0 aliphatic heterocycles. The summed E-state index contributed by atoms with van der Waals surface area (Å²) < 4.78 is 12.9. The van der Waals surface area contributed by atoms with E-state index in [9.17, 15) is 4.39 Å². The summed E-state index contributed by atoms with van der Waals surface area (Å²) in [6, 6.07) is 6.15. The van der Waals surface area contributed by atoms with Crippen LogP contribution >= 0.6 is 0 Å². The van der Waals surface area contributed by atoms with E-state index in [0.29, 0.717) is 11.3 Å². The Morgan fingerprint density at radius 2 is 2.06 bits per heavy atom. The lowest BCUT2D eigenvalue weighted by molar-refractivity contribution is 0.627. The van der Waals surface area contributed by atoms with Gasteiger partial charge >= 0.3 is 0 Å². The van der Waals surface area contributed by atoms with Crippen LogP contribution in [0, 0.1) is 24.6 Å². The van der Waals surface area contributed by atoms with E-state index in [1.165, 1.54) is 12.1 Å². The van der Waals surface area contributed by atoms with E-state index in [1.54, 1.807) is 24.5 Å². The second-order valence-electron chi connectivity index (χ2n) is 3.31. The normalized spacial score (nSPS) is 9.38. The molecule has 3 heteroatoms. The molecule has 0 amide bonds. The first-order valence-corrected chi connectivity index (χ1v) is 4.80. The van der Waals surface area contributed by atoms with Gasteiger partial charge in [-0.15, -0.1) is 0 Å². The number of hydrogen-bond acceptors (Lipinski definition) is 2. The number of benzene rings is 1. The molecule has 2 nitrogen and oxygen atoms in total. The number of rotatable bonds is 0. The summed E-state index contributed by atoms with van der Waals surface area (Å²) in [4.78, 5) is 8.16. The maximum atomic E-state index is 12.9. The van der Waals surface area contributed by atoms with Crippen LogP contribution in [0.1, 0.15) is 17.0 Å². The van der Waals surface area contributed by atoms with Gasteiger partial charge in [-0.1, -0.05) is 12.0 Å². The van der Waals surface area contributed by atoms with Crippen LogP contribution in [-0.2, 0) is 0 Å². The van der Waals surface area contributed by atoms with Crippen LogP contribution in [-0.4, -0.2) is 9.97 Å². The van der Waals surface area contributed by atoms with Gasteiger partial charge < -0.3 is 0 Å². The molecule has 2 rings (SSSR count). The molecule has 0 radical (unpaired) electrons. The molecule has 16 heavy (non-hydrogen) atoms. The van der Waals surface area contributed by atoms with Gasteiger partial charge in [0.25, 0.3) is 0 Å². The van der Waals surface area contributed by atoms with E-state index >= 15 is 0 Å². The third-order valence-electron chi connectivity index (χ3n) is 1.91. The number of aromatic nitrogens is 2. The molecule has 1 aromatic carbocycles. The number of nitrogens with zero attached hydrogens (tertiary/aromatic N) is 2. The summed E-state index contributed by atoms with van der Waals surface area (Å²) in [5, 5.41) is 0. The molecule has 2 aromatic rings. The fourth-order valence-corrected chi connectivity index (χ4v) is 1.23. The van der Waals surface area contributed by atoms with Crippen molar-refractivity contribution in [2.75, 3.05) is 0 Å². The lowest BCUT2D eigenvalue weighted by Crippen LogP contribution is -1.88. The van der Waals surface area contributed by atoms with Crippen molar-refractivity contribution < 1.29 is 4.39 Å². The molecule has 0 saturated carbocycles. The average molecular weight is 212 g/mol. The lowest BCUT2D eigenvalue weighted by atomic mass is 10.2. The minimum absolute atomic E-state index is 0.290. The first kappa shape index (κ1) is 10.3. The van der Waals surface area contributed by atoms with Crippen LogP contribution in [0.5, 0.6) is 0 Å². The standard InChI is InChI=1S/C13H9FN2/c1-10-8-15-9-13(16-10)6-5-11-3-2-4-12(14)7-11/h2-4,7-9H,1H3. The Morgan fingerprint density at radius 3 is 2.81 bits per heavy atom. The first-order valence-electron chi connectivity index (χ1n) is 4.80. The van der Waals surface area contributed by atoms with E-state index in [4.69, 9.17) is 0 Å². The highest BCUT2D eigenvalue weighted by Gasteiger charge is 1.92. The Morgan fingerprint density at radius 1 is 1.19 bits per heavy atom. The SMILES string of the molecule is Cc1cncc(C#Cc2cccc(F)c2)n1. The zero-order valence-corrected chi connectivity index (χ0v) is 8.74. The van der Waals surface area contributed by atoms with Gasteiger partial charge in [-0.3, -0.25) is 4.98 Å². The quantitative estimate of drug-likeness (QED) is 0.626. The van der Waals surface area contributed by atoms with Crippen molar-refractivity contribution in [3.05, 3.63) is 59.4 Å². The molecule has 0 spiro atoms. The van der Waals surface area contributed by atoms with Gasteiger partial charge in [0.05, 0.1) is 11.9 Å². The van der Waals surface area contributed by atoms with E-state index < -0.39 is 0 Å². The molecule has 0 unspecified atom stereocenters. The molecule has 1 aromatic heterocycles. The minimum Gasteiger partial charge on any atom is -0.260 e. The van der Waals surface area contributed by atoms with Crippen LogP contribution in [0.25, 0.3) is 0 Å². The zero-order valence-electron chi connectivity index (χ0n) is 8.74. The summed E-state index contributed by atoms with van der Waals surface area (Å²) in [6.45, 7) is 1.85. The minimum atomic E-state index is -0.290. The van der Waals surface area contributed by atoms with E-state index in [2.05, 4.69) is 21.8 Å². The third kappa shape index (κ3) is 2.64. The smallest absolute Gasteiger partial charge is 0.132 e. The maximum Gasteiger partial charge on any atom is 0.132 e.